The third kappa shape index (κ3) is 3.18. The van der Waals surface area contributed by atoms with E-state index in [2.05, 4.69) is 36.5 Å². The van der Waals surface area contributed by atoms with Gasteiger partial charge in [-0.3, -0.25) is 0 Å². The van der Waals surface area contributed by atoms with Gasteiger partial charge in [-0.2, -0.15) is 0 Å². The van der Waals surface area contributed by atoms with Crippen LogP contribution in [0.5, 0.6) is 0 Å². The normalized spacial score (nSPS) is 10.4. The van der Waals surface area contributed by atoms with Crippen LogP contribution >= 0.6 is 23.2 Å². The molecular weight excluding hydrogens is 265 g/mol. The molecule has 0 saturated heterocycles. The van der Waals surface area contributed by atoms with E-state index in [0.29, 0.717) is 10.0 Å². The molecule has 0 radical (unpaired) electrons. The molecule has 0 aromatic heterocycles. The summed E-state index contributed by atoms with van der Waals surface area (Å²) in [5, 5.41) is 4.64. The molecule has 0 spiro atoms. The Hall–Kier alpha value is -1.18. The van der Waals surface area contributed by atoms with Gasteiger partial charge in [-0.25, -0.2) is 0 Å². The van der Waals surface area contributed by atoms with Crippen molar-refractivity contribution in [2.75, 3.05) is 5.32 Å². The molecule has 0 heterocycles. The summed E-state index contributed by atoms with van der Waals surface area (Å²) in [7, 11) is 0. The summed E-state index contributed by atoms with van der Waals surface area (Å²) in [6.45, 7) is 2.93. The number of aryl methyl sites for hydroxylation is 1. The second kappa shape index (κ2) is 6.12. The van der Waals surface area contributed by atoms with Crippen molar-refractivity contribution in [1.82, 2.24) is 0 Å². The van der Waals surface area contributed by atoms with Crippen molar-refractivity contribution in [3.63, 3.8) is 0 Å². The molecule has 0 aliphatic carbocycles. The lowest BCUT2D eigenvalue weighted by atomic mass is 10.1. The van der Waals surface area contributed by atoms with Gasteiger partial charge in [0, 0.05) is 11.6 Å². The molecule has 18 heavy (non-hydrogen) atoms. The van der Waals surface area contributed by atoms with Gasteiger partial charge < -0.3 is 5.32 Å². The molecule has 2 rings (SSSR count). The monoisotopic (exact) mass is 279 g/mol. The van der Waals surface area contributed by atoms with Crippen molar-refractivity contribution in [2.24, 2.45) is 0 Å². The lowest BCUT2D eigenvalue weighted by molar-refractivity contribution is 1.04. The van der Waals surface area contributed by atoms with Crippen molar-refractivity contribution in [3.8, 4) is 0 Å². The second-order valence-electron chi connectivity index (χ2n) is 4.10. The van der Waals surface area contributed by atoms with Crippen LogP contribution in [-0.2, 0) is 13.0 Å². The lowest BCUT2D eigenvalue weighted by Gasteiger charge is -2.11. The standard InChI is InChI=1S/C15H15Cl2N/c1-2-11-5-3-4-6-12(11)10-18-15-8-7-13(16)9-14(15)17/h3-9,18H,2,10H2,1H3. The highest BCUT2D eigenvalue weighted by atomic mass is 35.5. The molecule has 1 N–H and O–H groups in total. The maximum atomic E-state index is 6.12. The Morgan fingerprint density at radius 2 is 1.72 bits per heavy atom. The number of halogens is 2. The van der Waals surface area contributed by atoms with Gasteiger partial charge in [-0.1, -0.05) is 54.4 Å². The Bertz CT molecular complexity index is 538. The Morgan fingerprint density at radius 1 is 1.00 bits per heavy atom. The van der Waals surface area contributed by atoms with E-state index >= 15 is 0 Å². The van der Waals surface area contributed by atoms with E-state index < -0.39 is 0 Å². The van der Waals surface area contributed by atoms with Crippen molar-refractivity contribution >= 4 is 28.9 Å². The largest absolute Gasteiger partial charge is 0.380 e. The van der Waals surface area contributed by atoms with Crippen molar-refractivity contribution in [3.05, 3.63) is 63.6 Å². The molecule has 0 atom stereocenters. The van der Waals surface area contributed by atoms with Crippen LogP contribution < -0.4 is 5.32 Å². The van der Waals surface area contributed by atoms with Crippen LogP contribution in [-0.4, -0.2) is 0 Å². The zero-order valence-electron chi connectivity index (χ0n) is 10.2. The number of anilines is 1. The second-order valence-corrected chi connectivity index (χ2v) is 4.94. The first-order valence-corrected chi connectivity index (χ1v) is 6.72. The van der Waals surface area contributed by atoms with Crippen LogP contribution in [0, 0.1) is 0 Å². The SMILES string of the molecule is CCc1ccccc1CNc1ccc(Cl)cc1Cl. The summed E-state index contributed by atoms with van der Waals surface area (Å²) >= 11 is 12.0. The minimum atomic E-state index is 0.650. The van der Waals surface area contributed by atoms with Crippen molar-refractivity contribution < 1.29 is 0 Å². The van der Waals surface area contributed by atoms with E-state index in [1.54, 1.807) is 6.07 Å². The third-order valence-corrected chi connectivity index (χ3v) is 3.45. The topological polar surface area (TPSA) is 12.0 Å². The maximum absolute atomic E-state index is 6.12. The van der Waals surface area contributed by atoms with E-state index in [-0.39, 0.29) is 0 Å². The Balaban J connectivity index is 2.11. The molecular formula is C15H15Cl2N. The minimum absolute atomic E-state index is 0.650. The Morgan fingerprint density at radius 3 is 2.39 bits per heavy atom. The average Bonchev–Trinajstić information content (AvgIpc) is 2.38. The molecule has 0 bridgehead atoms. The molecule has 2 aromatic carbocycles. The zero-order chi connectivity index (χ0) is 13.0. The molecule has 3 heteroatoms. The molecule has 0 aliphatic heterocycles. The van der Waals surface area contributed by atoms with Gasteiger partial charge >= 0.3 is 0 Å². The average molecular weight is 280 g/mol. The summed E-state index contributed by atoms with van der Waals surface area (Å²) in [6.07, 6.45) is 1.03. The smallest absolute Gasteiger partial charge is 0.0652 e. The fourth-order valence-corrected chi connectivity index (χ4v) is 2.37. The summed E-state index contributed by atoms with van der Waals surface area (Å²) in [6, 6.07) is 13.9. The minimum Gasteiger partial charge on any atom is -0.380 e. The van der Waals surface area contributed by atoms with Gasteiger partial charge in [0.1, 0.15) is 0 Å². The number of rotatable bonds is 4. The van der Waals surface area contributed by atoms with Crippen LogP contribution in [0.15, 0.2) is 42.5 Å². The van der Waals surface area contributed by atoms with Crippen LogP contribution in [0.2, 0.25) is 10.0 Å². The Kier molecular flexibility index (Phi) is 4.51. The first-order valence-electron chi connectivity index (χ1n) is 5.96. The van der Waals surface area contributed by atoms with Crippen LogP contribution in [0.25, 0.3) is 0 Å². The zero-order valence-corrected chi connectivity index (χ0v) is 11.7. The van der Waals surface area contributed by atoms with E-state index in [4.69, 9.17) is 23.2 Å². The van der Waals surface area contributed by atoms with Gasteiger partial charge in [-0.15, -0.1) is 0 Å². The van der Waals surface area contributed by atoms with Gasteiger partial charge in [-0.05, 0) is 35.7 Å². The molecule has 1 nitrogen and oxygen atoms in total. The van der Waals surface area contributed by atoms with Crippen LogP contribution in [0.3, 0.4) is 0 Å². The summed E-state index contributed by atoms with van der Waals surface area (Å²) in [4.78, 5) is 0. The first-order chi connectivity index (χ1) is 8.70. The fourth-order valence-electron chi connectivity index (χ4n) is 1.90. The number of hydrogen-bond acceptors (Lipinski definition) is 1. The highest BCUT2D eigenvalue weighted by Gasteiger charge is 2.03. The molecule has 94 valence electrons. The molecule has 0 aliphatic rings. The highest BCUT2D eigenvalue weighted by molar-refractivity contribution is 6.36. The van der Waals surface area contributed by atoms with E-state index in [9.17, 15) is 0 Å². The van der Waals surface area contributed by atoms with Crippen molar-refractivity contribution in [1.29, 1.82) is 0 Å². The molecule has 0 unspecified atom stereocenters. The molecule has 0 fully saturated rings. The van der Waals surface area contributed by atoms with Gasteiger partial charge in [0.2, 0.25) is 0 Å². The lowest BCUT2D eigenvalue weighted by Crippen LogP contribution is -2.02. The third-order valence-electron chi connectivity index (χ3n) is 2.90. The van der Waals surface area contributed by atoms with Crippen molar-refractivity contribution in [2.45, 2.75) is 19.9 Å². The maximum Gasteiger partial charge on any atom is 0.0652 e. The van der Waals surface area contributed by atoms with Gasteiger partial charge in [0.05, 0.1) is 10.7 Å². The summed E-state index contributed by atoms with van der Waals surface area (Å²) in [5.74, 6) is 0. The van der Waals surface area contributed by atoms with E-state index in [0.717, 1.165) is 18.7 Å². The van der Waals surface area contributed by atoms with Crippen LogP contribution in [0.1, 0.15) is 18.1 Å². The van der Waals surface area contributed by atoms with Crippen LogP contribution in [0.4, 0.5) is 5.69 Å². The Labute approximate surface area is 118 Å². The quantitative estimate of drug-likeness (QED) is 0.814. The molecule has 0 saturated carbocycles. The first kappa shape index (κ1) is 13.3. The number of hydrogen-bond donors (Lipinski definition) is 1. The predicted octanol–water partition coefficient (Wildman–Crippen LogP) is 5.17. The molecule has 2 aromatic rings. The summed E-state index contributed by atoms with van der Waals surface area (Å²) in [5.41, 5.74) is 3.56. The predicted molar refractivity (Wildman–Crippen MR) is 79.6 cm³/mol. The number of benzene rings is 2. The van der Waals surface area contributed by atoms with E-state index in [1.165, 1.54) is 11.1 Å². The van der Waals surface area contributed by atoms with Gasteiger partial charge in [0.25, 0.3) is 0 Å². The molecule has 0 amide bonds. The number of nitrogens with one attached hydrogen (secondary N) is 1. The van der Waals surface area contributed by atoms with E-state index in [1.807, 2.05) is 12.1 Å². The van der Waals surface area contributed by atoms with Gasteiger partial charge in [0.15, 0.2) is 0 Å². The fraction of sp³-hybridized carbons (Fsp3) is 0.200. The summed E-state index contributed by atoms with van der Waals surface area (Å²) < 4.78 is 0. The highest BCUT2D eigenvalue weighted by Crippen LogP contribution is 2.26.